The summed E-state index contributed by atoms with van der Waals surface area (Å²) in [4.78, 5) is 27.0. The average molecular weight is 943 g/mol. The fourth-order valence-corrected chi connectivity index (χ4v) is 14.9. The minimum absolute atomic E-state index is 0.0489. The fraction of sp³-hybridized carbons (Fsp3) is 0.915. The van der Waals surface area contributed by atoms with Crippen LogP contribution in [0.25, 0.3) is 0 Å². The smallest absolute Gasteiger partial charge is 0.335 e. The maximum atomic E-state index is 14.7. The lowest BCUT2D eigenvalue weighted by molar-refractivity contribution is -0.362. The Morgan fingerprint density at radius 1 is 0.697 bits per heavy atom. The Kier molecular flexibility index (Phi) is 13.3. The molecule has 23 atom stereocenters. The van der Waals surface area contributed by atoms with Gasteiger partial charge in [-0.15, -0.1) is 0 Å². The maximum Gasteiger partial charge on any atom is 0.335 e. The monoisotopic (exact) mass is 942 g/mol. The average Bonchev–Trinajstić information content (AvgIpc) is 3.24. The predicted octanol–water partition coefficient (Wildman–Crippen LogP) is -0.157. The quantitative estimate of drug-likeness (QED) is 0.0856. The Bertz CT molecular complexity index is 1860. The van der Waals surface area contributed by atoms with Gasteiger partial charge in [0.2, 0.25) is 6.29 Å². The fourth-order valence-electron chi connectivity index (χ4n) is 14.9. The van der Waals surface area contributed by atoms with E-state index in [1.54, 1.807) is 0 Å². The molecule has 23 unspecified atom stereocenters. The number of rotatable bonds is 8. The zero-order valence-electron chi connectivity index (χ0n) is 39.0. The number of carbonyl (C=O) groups excluding carboxylic acids is 1. The van der Waals surface area contributed by atoms with Crippen LogP contribution in [0.5, 0.6) is 0 Å². The molecular formula is C47H74O19. The molecule has 4 saturated carbocycles. The first-order chi connectivity index (χ1) is 30.7. The molecule has 3 heterocycles. The molecule has 376 valence electrons. The van der Waals surface area contributed by atoms with Crippen LogP contribution in [0.1, 0.15) is 106 Å². The van der Waals surface area contributed by atoms with Crippen molar-refractivity contribution in [3.63, 3.8) is 0 Å². The van der Waals surface area contributed by atoms with Crippen molar-refractivity contribution in [3.8, 4) is 0 Å². The highest BCUT2D eigenvalue weighted by atomic mass is 16.7. The second-order valence-electron chi connectivity index (χ2n) is 23.2. The van der Waals surface area contributed by atoms with E-state index in [0.717, 1.165) is 19.3 Å². The van der Waals surface area contributed by atoms with Crippen LogP contribution in [0, 0.1) is 50.2 Å². The molecule has 3 saturated heterocycles. The zero-order valence-corrected chi connectivity index (χ0v) is 39.0. The molecule has 3 aliphatic heterocycles. The zero-order chi connectivity index (χ0) is 48.4. The van der Waals surface area contributed by atoms with E-state index in [1.165, 1.54) is 5.57 Å². The van der Waals surface area contributed by atoms with E-state index in [-0.39, 0.29) is 34.0 Å². The van der Waals surface area contributed by atoms with Crippen LogP contribution >= 0.6 is 0 Å². The van der Waals surface area contributed by atoms with E-state index in [2.05, 4.69) is 40.7 Å². The summed E-state index contributed by atoms with van der Waals surface area (Å²) in [7, 11) is 0. The molecular weight excluding hydrogens is 868 g/mol. The number of aliphatic carboxylic acids is 1. The van der Waals surface area contributed by atoms with E-state index in [9.17, 15) is 65.8 Å². The first kappa shape index (κ1) is 50.5. The molecule has 8 rings (SSSR count). The molecule has 7 fully saturated rings. The van der Waals surface area contributed by atoms with Crippen LogP contribution in [0.3, 0.4) is 0 Å². The highest BCUT2D eigenvalue weighted by Crippen LogP contribution is 2.76. The van der Waals surface area contributed by atoms with Crippen molar-refractivity contribution >= 4 is 11.9 Å². The lowest BCUT2D eigenvalue weighted by Gasteiger charge is -2.71. The van der Waals surface area contributed by atoms with Crippen LogP contribution < -0.4 is 0 Å². The number of carboxylic acid groups (broad SMARTS) is 1. The second-order valence-corrected chi connectivity index (χ2v) is 23.2. The van der Waals surface area contributed by atoms with E-state index >= 15 is 0 Å². The van der Waals surface area contributed by atoms with E-state index in [1.807, 2.05) is 13.8 Å². The van der Waals surface area contributed by atoms with Crippen LogP contribution in [0.2, 0.25) is 0 Å². The number of carboxylic acids is 1. The van der Waals surface area contributed by atoms with Gasteiger partial charge in [0.05, 0.1) is 30.8 Å². The van der Waals surface area contributed by atoms with Gasteiger partial charge in [0.1, 0.15) is 61.0 Å². The van der Waals surface area contributed by atoms with Gasteiger partial charge in [-0.1, -0.05) is 60.1 Å². The molecule has 5 aliphatic carbocycles. The van der Waals surface area contributed by atoms with Crippen LogP contribution in [-0.4, -0.2) is 180 Å². The maximum absolute atomic E-state index is 14.7. The van der Waals surface area contributed by atoms with Gasteiger partial charge in [-0.2, -0.15) is 0 Å². The van der Waals surface area contributed by atoms with Crippen LogP contribution in [0.4, 0.5) is 0 Å². The molecule has 0 aromatic rings. The van der Waals surface area contributed by atoms with Gasteiger partial charge in [-0.05, 0) is 103 Å². The van der Waals surface area contributed by atoms with Crippen molar-refractivity contribution in [2.75, 3.05) is 13.2 Å². The summed E-state index contributed by atoms with van der Waals surface area (Å²) < 4.78 is 34.8. The van der Waals surface area contributed by atoms with E-state index in [4.69, 9.17) is 28.4 Å². The van der Waals surface area contributed by atoms with Crippen molar-refractivity contribution in [1.29, 1.82) is 0 Å². The Morgan fingerprint density at radius 2 is 1.36 bits per heavy atom. The van der Waals surface area contributed by atoms with Crippen molar-refractivity contribution in [3.05, 3.63) is 11.6 Å². The van der Waals surface area contributed by atoms with Crippen LogP contribution in [0.15, 0.2) is 11.6 Å². The molecule has 0 aromatic heterocycles. The van der Waals surface area contributed by atoms with Gasteiger partial charge in [0, 0.05) is 0 Å². The largest absolute Gasteiger partial charge is 0.479 e. The number of aliphatic hydroxyl groups is 10. The van der Waals surface area contributed by atoms with Crippen molar-refractivity contribution < 1.29 is 94.2 Å². The normalized spacial score (nSPS) is 53.2. The molecule has 11 N–H and O–H groups in total. The van der Waals surface area contributed by atoms with Gasteiger partial charge in [0.25, 0.3) is 0 Å². The number of hydrogen-bond donors (Lipinski definition) is 11. The van der Waals surface area contributed by atoms with E-state index in [0.29, 0.717) is 38.5 Å². The summed E-state index contributed by atoms with van der Waals surface area (Å²) in [5, 5.41) is 117. The standard InChI is InChI=1S/C47H74O19/c1-42(2)12-14-47(41(60)66-39-31(55)29(53)28(52)24(18-48)62-39)15-13-45(6)20(21(47)16-42)8-9-26-44(5)17-22(49)36(43(3,4)25(44)10-11-46(26,45)7)65-40-33(57)34(32(56)35(64-40)37(58)59)63-38-30(54)27(51)23(50)19-61-38/h8,21-36,38-40,48-57H,9-19H2,1-7H3,(H,58,59). The molecule has 8 aliphatic rings. The summed E-state index contributed by atoms with van der Waals surface area (Å²) in [5.41, 5.74) is -1.77. The molecule has 19 heteroatoms. The van der Waals surface area contributed by atoms with Gasteiger partial charge in [-0.25, -0.2) is 4.79 Å². The van der Waals surface area contributed by atoms with Crippen molar-refractivity contribution in [2.24, 2.45) is 50.2 Å². The Balaban J connectivity index is 1.05. The molecule has 66 heavy (non-hydrogen) atoms. The first-order valence-electron chi connectivity index (χ1n) is 23.8. The summed E-state index contributed by atoms with van der Waals surface area (Å²) in [5.74, 6) is -2.31. The minimum atomic E-state index is -1.97. The Hall–Kier alpha value is -1.92. The number of esters is 1. The minimum Gasteiger partial charge on any atom is -0.479 e. The summed E-state index contributed by atoms with van der Waals surface area (Å²) in [6, 6.07) is 0. The highest BCUT2D eigenvalue weighted by Gasteiger charge is 2.71. The first-order valence-corrected chi connectivity index (χ1v) is 23.8. The number of aliphatic hydroxyl groups excluding tert-OH is 10. The highest BCUT2D eigenvalue weighted by molar-refractivity contribution is 5.79. The number of hydrogen-bond acceptors (Lipinski definition) is 18. The number of fused-ring (bicyclic) bond motifs is 7. The lowest BCUT2D eigenvalue weighted by atomic mass is 9.33. The van der Waals surface area contributed by atoms with Gasteiger partial charge in [0.15, 0.2) is 18.7 Å². The Labute approximate surface area is 385 Å². The van der Waals surface area contributed by atoms with Crippen molar-refractivity contribution in [1.82, 2.24) is 0 Å². The number of allylic oxidation sites excluding steroid dienone is 2. The Morgan fingerprint density at radius 3 is 2.03 bits per heavy atom. The number of carbonyl (C=O) groups is 2. The molecule has 0 radical (unpaired) electrons. The van der Waals surface area contributed by atoms with Gasteiger partial charge >= 0.3 is 11.9 Å². The van der Waals surface area contributed by atoms with Gasteiger partial charge in [-0.3, -0.25) is 4.79 Å². The lowest BCUT2D eigenvalue weighted by Crippen LogP contribution is -2.69. The molecule has 0 aromatic carbocycles. The third-order valence-electron chi connectivity index (χ3n) is 18.8. The van der Waals surface area contributed by atoms with Crippen molar-refractivity contribution in [2.45, 2.75) is 204 Å². The molecule has 0 amide bonds. The number of ether oxygens (including phenoxy) is 6. The van der Waals surface area contributed by atoms with Gasteiger partial charge < -0.3 is 84.6 Å². The van der Waals surface area contributed by atoms with Crippen LogP contribution in [-0.2, 0) is 38.0 Å². The second kappa shape index (κ2) is 17.4. The summed E-state index contributed by atoms with van der Waals surface area (Å²) >= 11 is 0. The summed E-state index contributed by atoms with van der Waals surface area (Å²) in [6.45, 7) is 14.2. The topological polar surface area (TPSA) is 312 Å². The predicted molar refractivity (Wildman–Crippen MR) is 226 cm³/mol. The van der Waals surface area contributed by atoms with E-state index < -0.39 is 140 Å². The molecule has 19 nitrogen and oxygen atoms in total. The molecule has 0 spiro atoms. The SMILES string of the molecule is CC1(C)CCC2(C(=O)OC3OC(CO)C(O)C(O)C3O)CCC3(C)C(=CCC4C5(C)CC(O)C(OC6OC(C(=O)O)C(O)C(OC7OCC(O)C(O)C7O)C6O)C(C)(C)C5CCC43C)C2C1. The third-order valence-corrected chi connectivity index (χ3v) is 18.8. The third kappa shape index (κ3) is 7.73. The summed E-state index contributed by atoms with van der Waals surface area (Å²) in [6.07, 6.45) is -17.7. The molecule has 0 bridgehead atoms.